The first-order chi connectivity index (χ1) is 13.9. The summed E-state index contributed by atoms with van der Waals surface area (Å²) in [5, 5.41) is 2.50. The Bertz CT molecular complexity index is 1300. The maximum Gasteiger partial charge on any atom is 0.0706 e. The standard InChI is InChI=1S/C27H19N/c1-3-9-20(10-4-1)15-17-23(21-11-5-2-6-12-21)22-16-18-27-25(19-22)24-13-7-8-14-26(24)28-27/h1-14,16,18-19,23,28H. The SMILES string of the molecule is C(#CC(c1ccccc1)c1ccc2[nH]c3ccccc3c2c1)c1ccccc1. The number of aromatic nitrogens is 1. The van der Waals surface area contributed by atoms with Crippen molar-refractivity contribution < 1.29 is 0 Å². The Morgan fingerprint density at radius 2 is 1.25 bits per heavy atom. The second-order valence-electron chi connectivity index (χ2n) is 6.95. The fourth-order valence-corrected chi connectivity index (χ4v) is 3.73. The van der Waals surface area contributed by atoms with Gasteiger partial charge >= 0.3 is 0 Å². The van der Waals surface area contributed by atoms with E-state index in [1.54, 1.807) is 0 Å². The van der Waals surface area contributed by atoms with Crippen LogP contribution in [0.4, 0.5) is 0 Å². The normalized spacial score (nSPS) is 11.9. The van der Waals surface area contributed by atoms with Gasteiger partial charge in [-0.1, -0.05) is 84.6 Å². The third-order valence-electron chi connectivity index (χ3n) is 5.13. The van der Waals surface area contributed by atoms with Crippen LogP contribution < -0.4 is 0 Å². The van der Waals surface area contributed by atoms with Crippen molar-refractivity contribution in [1.82, 2.24) is 4.98 Å². The van der Waals surface area contributed by atoms with Crippen LogP contribution in [0.25, 0.3) is 21.8 Å². The van der Waals surface area contributed by atoms with Crippen molar-refractivity contribution in [2.24, 2.45) is 0 Å². The zero-order chi connectivity index (χ0) is 18.8. The smallest absolute Gasteiger partial charge is 0.0706 e. The average molecular weight is 357 g/mol. The molecule has 4 aromatic carbocycles. The zero-order valence-corrected chi connectivity index (χ0v) is 15.4. The topological polar surface area (TPSA) is 15.8 Å². The number of para-hydroxylation sites is 1. The molecule has 132 valence electrons. The Hall–Kier alpha value is -3.76. The van der Waals surface area contributed by atoms with Crippen LogP contribution in [0.3, 0.4) is 0 Å². The van der Waals surface area contributed by atoms with Crippen LogP contribution >= 0.6 is 0 Å². The van der Waals surface area contributed by atoms with Crippen LogP contribution in [0.5, 0.6) is 0 Å². The number of fused-ring (bicyclic) bond motifs is 3. The van der Waals surface area contributed by atoms with Crippen molar-refractivity contribution in [1.29, 1.82) is 0 Å². The summed E-state index contributed by atoms with van der Waals surface area (Å²) in [5.41, 5.74) is 5.79. The van der Waals surface area contributed by atoms with Crippen molar-refractivity contribution in [2.75, 3.05) is 0 Å². The average Bonchev–Trinajstić information content (AvgIpc) is 3.14. The van der Waals surface area contributed by atoms with Crippen molar-refractivity contribution in [3.8, 4) is 11.8 Å². The maximum absolute atomic E-state index is 3.51. The van der Waals surface area contributed by atoms with E-state index in [2.05, 4.69) is 95.7 Å². The van der Waals surface area contributed by atoms with Gasteiger partial charge in [-0.15, -0.1) is 0 Å². The lowest BCUT2D eigenvalue weighted by Crippen LogP contribution is -1.98. The molecule has 0 amide bonds. The van der Waals surface area contributed by atoms with Gasteiger partial charge in [0.25, 0.3) is 0 Å². The number of benzene rings is 4. The zero-order valence-electron chi connectivity index (χ0n) is 15.4. The van der Waals surface area contributed by atoms with Gasteiger partial charge in [0.05, 0.1) is 5.92 Å². The van der Waals surface area contributed by atoms with Crippen LogP contribution in [0.1, 0.15) is 22.6 Å². The molecule has 1 heteroatoms. The summed E-state index contributed by atoms with van der Waals surface area (Å²) in [6.45, 7) is 0. The van der Waals surface area contributed by atoms with Gasteiger partial charge in [-0.25, -0.2) is 0 Å². The predicted molar refractivity (Wildman–Crippen MR) is 117 cm³/mol. The highest BCUT2D eigenvalue weighted by atomic mass is 14.7. The van der Waals surface area contributed by atoms with Crippen LogP contribution in [-0.2, 0) is 0 Å². The highest BCUT2D eigenvalue weighted by Crippen LogP contribution is 2.31. The van der Waals surface area contributed by atoms with E-state index in [1.807, 2.05) is 24.3 Å². The molecule has 0 radical (unpaired) electrons. The molecule has 0 aliphatic carbocycles. The molecule has 0 bridgehead atoms. The van der Waals surface area contributed by atoms with Gasteiger partial charge in [-0.05, 0) is 41.5 Å². The molecule has 1 nitrogen and oxygen atoms in total. The van der Waals surface area contributed by atoms with Gasteiger partial charge in [0.1, 0.15) is 0 Å². The summed E-state index contributed by atoms with van der Waals surface area (Å²) in [6.07, 6.45) is 0. The first kappa shape index (κ1) is 16.4. The molecule has 28 heavy (non-hydrogen) atoms. The second kappa shape index (κ2) is 7.10. The molecular weight excluding hydrogens is 338 g/mol. The Morgan fingerprint density at radius 3 is 2.07 bits per heavy atom. The fraction of sp³-hybridized carbons (Fsp3) is 0.0370. The van der Waals surface area contributed by atoms with E-state index in [0.717, 1.165) is 11.1 Å². The Kier molecular flexibility index (Phi) is 4.16. The monoisotopic (exact) mass is 357 g/mol. The molecule has 1 heterocycles. The van der Waals surface area contributed by atoms with Crippen molar-refractivity contribution in [3.63, 3.8) is 0 Å². The number of hydrogen-bond donors (Lipinski definition) is 1. The molecule has 1 unspecified atom stereocenters. The molecule has 0 aliphatic rings. The van der Waals surface area contributed by atoms with Gasteiger partial charge in [0.15, 0.2) is 0 Å². The number of H-pyrrole nitrogens is 1. The minimum absolute atomic E-state index is 0.0273. The minimum atomic E-state index is 0.0273. The lowest BCUT2D eigenvalue weighted by atomic mass is 9.90. The highest BCUT2D eigenvalue weighted by Gasteiger charge is 2.13. The second-order valence-corrected chi connectivity index (χ2v) is 6.95. The van der Waals surface area contributed by atoms with Gasteiger partial charge in [-0.3, -0.25) is 0 Å². The van der Waals surface area contributed by atoms with E-state index < -0.39 is 0 Å². The molecule has 0 spiro atoms. The molecule has 0 saturated heterocycles. The van der Waals surface area contributed by atoms with E-state index in [9.17, 15) is 0 Å². The fourth-order valence-electron chi connectivity index (χ4n) is 3.73. The van der Waals surface area contributed by atoms with Gasteiger partial charge in [-0.2, -0.15) is 0 Å². The molecule has 0 fully saturated rings. The molecule has 1 aromatic heterocycles. The van der Waals surface area contributed by atoms with Gasteiger partial charge in [0.2, 0.25) is 0 Å². The minimum Gasteiger partial charge on any atom is -0.355 e. The van der Waals surface area contributed by atoms with E-state index >= 15 is 0 Å². The van der Waals surface area contributed by atoms with Crippen molar-refractivity contribution in [2.45, 2.75) is 5.92 Å². The van der Waals surface area contributed by atoms with Crippen LogP contribution in [0.15, 0.2) is 103 Å². The third-order valence-corrected chi connectivity index (χ3v) is 5.13. The molecule has 0 aliphatic heterocycles. The van der Waals surface area contributed by atoms with E-state index in [1.165, 1.54) is 27.4 Å². The molecule has 1 N–H and O–H groups in total. The Labute approximate surface area is 164 Å². The quantitative estimate of drug-likeness (QED) is 0.347. The predicted octanol–water partition coefficient (Wildman–Crippen LogP) is 6.50. The largest absolute Gasteiger partial charge is 0.355 e. The summed E-state index contributed by atoms with van der Waals surface area (Å²) in [6, 6.07) is 35.8. The summed E-state index contributed by atoms with van der Waals surface area (Å²) < 4.78 is 0. The number of rotatable bonds is 2. The number of aromatic amines is 1. The Balaban J connectivity index is 1.66. The summed E-state index contributed by atoms with van der Waals surface area (Å²) in [7, 11) is 0. The van der Waals surface area contributed by atoms with Crippen LogP contribution in [0.2, 0.25) is 0 Å². The lowest BCUT2D eigenvalue weighted by Gasteiger charge is -2.12. The lowest BCUT2D eigenvalue weighted by molar-refractivity contribution is 1.07. The van der Waals surface area contributed by atoms with Crippen LogP contribution in [-0.4, -0.2) is 4.98 Å². The number of nitrogens with one attached hydrogen (secondary N) is 1. The maximum atomic E-state index is 3.51. The molecule has 0 saturated carbocycles. The number of hydrogen-bond acceptors (Lipinski definition) is 0. The van der Waals surface area contributed by atoms with Crippen molar-refractivity contribution in [3.05, 3.63) is 120 Å². The van der Waals surface area contributed by atoms with E-state index in [-0.39, 0.29) is 5.92 Å². The summed E-state index contributed by atoms with van der Waals surface area (Å²) in [4.78, 5) is 3.51. The summed E-state index contributed by atoms with van der Waals surface area (Å²) >= 11 is 0. The van der Waals surface area contributed by atoms with Crippen molar-refractivity contribution >= 4 is 21.8 Å². The molecule has 1 atom stereocenters. The van der Waals surface area contributed by atoms with Gasteiger partial charge < -0.3 is 4.98 Å². The first-order valence-electron chi connectivity index (χ1n) is 9.50. The van der Waals surface area contributed by atoms with Crippen LogP contribution in [0, 0.1) is 11.8 Å². The van der Waals surface area contributed by atoms with Gasteiger partial charge in [0, 0.05) is 27.4 Å². The Morgan fingerprint density at radius 1 is 0.571 bits per heavy atom. The summed E-state index contributed by atoms with van der Waals surface area (Å²) in [5.74, 6) is 6.90. The highest BCUT2D eigenvalue weighted by molar-refractivity contribution is 6.07. The van der Waals surface area contributed by atoms with E-state index in [0.29, 0.717) is 0 Å². The molecule has 5 rings (SSSR count). The molecular formula is C27H19N. The van der Waals surface area contributed by atoms with E-state index in [4.69, 9.17) is 0 Å². The first-order valence-corrected chi connectivity index (χ1v) is 9.50. The third kappa shape index (κ3) is 3.06. The molecule has 5 aromatic rings.